The van der Waals surface area contributed by atoms with Gasteiger partial charge in [0, 0.05) is 25.6 Å². The summed E-state index contributed by atoms with van der Waals surface area (Å²) in [6, 6.07) is 0.403. The maximum Gasteiger partial charge on any atom is 0.138 e. The molecule has 0 aromatic carbocycles. The molecule has 1 N–H and O–H groups in total. The zero-order chi connectivity index (χ0) is 12.4. The van der Waals surface area contributed by atoms with E-state index in [-0.39, 0.29) is 5.60 Å². The van der Waals surface area contributed by atoms with Gasteiger partial charge in [-0.3, -0.25) is 4.68 Å². The predicted molar refractivity (Wildman–Crippen MR) is 68.3 cm³/mol. The van der Waals surface area contributed by atoms with Gasteiger partial charge in [0.1, 0.15) is 12.2 Å². The van der Waals surface area contributed by atoms with Crippen LogP contribution in [0.5, 0.6) is 0 Å². The molecule has 2 aliphatic rings. The molecule has 1 saturated carbocycles. The first kappa shape index (κ1) is 12.1. The summed E-state index contributed by atoms with van der Waals surface area (Å²) in [5.41, 5.74) is 0.0846. The number of aromatic nitrogens is 3. The Labute approximate surface area is 108 Å². The fourth-order valence-electron chi connectivity index (χ4n) is 3.08. The van der Waals surface area contributed by atoms with Crippen molar-refractivity contribution in [3.8, 4) is 0 Å². The van der Waals surface area contributed by atoms with Crippen LogP contribution in [-0.4, -0.2) is 39.6 Å². The predicted octanol–water partition coefficient (Wildman–Crippen LogP) is 1.14. The molecule has 0 bridgehead atoms. The van der Waals surface area contributed by atoms with Crippen molar-refractivity contribution in [2.75, 3.05) is 13.2 Å². The van der Waals surface area contributed by atoms with Crippen molar-refractivity contribution < 1.29 is 4.74 Å². The van der Waals surface area contributed by atoms with Crippen molar-refractivity contribution in [3.05, 3.63) is 12.2 Å². The average molecular weight is 250 g/mol. The van der Waals surface area contributed by atoms with E-state index in [0.717, 1.165) is 38.4 Å². The molecule has 18 heavy (non-hydrogen) atoms. The van der Waals surface area contributed by atoms with E-state index in [0.29, 0.717) is 6.04 Å². The molecule has 0 radical (unpaired) electrons. The smallest absolute Gasteiger partial charge is 0.138 e. The minimum absolute atomic E-state index is 0.0846. The standard InChI is InChI=1S/C13H22N4O/c1-2-7-17-12(15-10-16-17)9-11-13(4-3-5-13)18-8-6-14-11/h10-11,14H,2-9H2,1H3. The van der Waals surface area contributed by atoms with Crippen molar-refractivity contribution in [1.82, 2.24) is 20.1 Å². The molecule has 1 aliphatic heterocycles. The van der Waals surface area contributed by atoms with Crippen LogP contribution in [0.2, 0.25) is 0 Å². The minimum Gasteiger partial charge on any atom is -0.372 e. The molecule has 2 fully saturated rings. The van der Waals surface area contributed by atoms with Crippen molar-refractivity contribution >= 4 is 0 Å². The molecule has 1 spiro atoms. The Morgan fingerprint density at radius 1 is 1.56 bits per heavy atom. The van der Waals surface area contributed by atoms with Gasteiger partial charge in [-0.05, 0) is 25.7 Å². The lowest BCUT2D eigenvalue weighted by atomic mass is 9.72. The van der Waals surface area contributed by atoms with Gasteiger partial charge < -0.3 is 10.1 Å². The lowest BCUT2D eigenvalue weighted by Crippen LogP contribution is -2.62. The van der Waals surface area contributed by atoms with Gasteiger partial charge in [-0.1, -0.05) is 6.92 Å². The van der Waals surface area contributed by atoms with E-state index in [1.165, 1.54) is 19.3 Å². The molecule has 1 unspecified atom stereocenters. The van der Waals surface area contributed by atoms with Crippen LogP contribution < -0.4 is 5.32 Å². The Morgan fingerprint density at radius 2 is 2.44 bits per heavy atom. The Bertz CT molecular complexity index is 399. The summed E-state index contributed by atoms with van der Waals surface area (Å²) in [6.45, 7) is 4.92. The molecule has 1 atom stereocenters. The molecular weight excluding hydrogens is 228 g/mol. The molecule has 2 heterocycles. The van der Waals surface area contributed by atoms with E-state index >= 15 is 0 Å². The largest absolute Gasteiger partial charge is 0.372 e. The van der Waals surface area contributed by atoms with Gasteiger partial charge in [0.25, 0.3) is 0 Å². The van der Waals surface area contributed by atoms with E-state index in [2.05, 4.69) is 22.3 Å². The summed E-state index contributed by atoms with van der Waals surface area (Å²) >= 11 is 0. The van der Waals surface area contributed by atoms with Gasteiger partial charge in [-0.15, -0.1) is 0 Å². The number of aryl methyl sites for hydroxylation is 1. The van der Waals surface area contributed by atoms with E-state index < -0.39 is 0 Å². The van der Waals surface area contributed by atoms with Crippen LogP contribution in [0, 0.1) is 0 Å². The number of ether oxygens (including phenoxy) is 1. The highest BCUT2D eigenvalue weighted by Crippen LogP contribution is 2.40. The molecule has 1 aliphatic carbocycles. The first-order valence-electron chi connectivity index (χ1n) is 7.08. The molecule has 5 heteroatoms. The Hall–Kier alpha value is -0.940. The first-order valence-corrected chi connectivity index (χ1v) is 7.08. The molecule has 1 aromatic heterocycles. The Morgan fingerprint density at radius 3 is 3.17 bits per heavy atom. The lowest BCUT2D eigenvalue weighted by Gasteiger charge is -2.50. The highest BCUT2D eigenvalue weighted by molar-refractivity contribution is 5.06. The second kappa shape index (κ2) is 4.97. The average Bonchev–Trinajstić information content (AvgIpc) is 2.76. The summed E-state index contributed by atoms with van der Waals surface area (Å²) < 4.78 is 8.07. The third kappa shape index (κ3) is 2.06. The summed E-state index contributed by atoms with van der Waals surface area (Å²) in [5, 5.41) is 7.91. The fourth-order valence-corrected chi connectivity index (χ4v) is 3.08. The van der Waals surface area contributed by atoms with E-state index in [9.17, 15) is 0 Å². The number of nitrogens with zero attached hydrogens (tertiary/aromatic N) is 3. The second-order valence-electron chi connectivity index (χ2n) is 5.38. The van der Waals surface area contributed by atoms with Gasteiger partial charge in [-0.25, -0.2) is 4.98 Å². The first-order chi connectivity index (χ1) is 8.84. The van der Waals surface area contributed by atoms with Gasteiger partial charge in [-0.2, -0.15) is 5.10 Å². The summed E-state index contributed by atoms with van der Waals surface area (Å²) in [6.07, 6.45) is 7.36. The van der Waals surface area contributed by atoms with Crippen LogP contribution in [0.4, 0.5) is 0 Å². The van der Waals surface area contributed by atoms with Gasteiger partial charge in [0.15, 0.2) is 0 Å². The second-order valence-corrected chi connectivity index (χ2v) is 5.38. The number of morpholine rings is 1. The van der Waals surface area contributed by atoms with Crippen LogP contribution in [0.1, 0.15) is 38.4 Å². The van der Waals surface area contributed by atoms with Crippen LogP contribution in [0.15, 0.2) is 6.33 Å². The number of nitrogens with one attached hydrogen (secondary N) is 1. The van der Waals surface area contributed by atoms with Crippen molar-refractivity contribution in [2.24, 2.45) is 0 Å². The maximum atomic E-state index is 6.04. The van der Waals surface area contributed by atoms with Gasteiger partial charge in [0.05, 0.1) is 12.2 Å². The summed E-state index contributed by atoms with van der Waals surface area (Å²) in [4.78, 5) is 4.41. The van der Waals surface area contributed by atoms with Gasteiger partial charge >= 0.3 is 0 Å². The molecule has 5 nitrogen and oxygen atoms in total. The summed E-state index contributed by atoms with van der Waals surface area (Å²) in [5.74, 6) is 1.09. The quantitative estimate of drug-likeness (QED) is 0.870. The number of hydrogen-bond acceptors (Lipinski definition) is 4. The fraction of sp³-hybridized carbons (Fsp3) is 0.846. The van der Waals surface area contributed by atoms with Crippen molar-refractivity contribution in [1.29, 1.82) is 0 Å². The van der Waals surface area contributed by atoms with E-state index in [1.807, 2.05) is 4.68 Å². The zero-order valence-electron chi connectivity index (χ0n) is 11.1. The molecule has 100 valence electrons. The molecule has 1 saturated heterocycles. The van der Waals surface area contributed by atoms with Crippen LogP contribution in [-0.2, 0) is 17.7 Å². The van der Waals surface area contributed by atoms with Crippen molar-refractivity contribution in [3.63, 3.8) is 0 Å². The molecule has 3 rings (SSSR count). The maximum absolute atomic E-state index is 6.04. The molecule has 0 amide bonds. The number of rotatable bonds is 4. The SMILES string of the molecule is CCCn1ncnc1CC1NCCOC12CCC2. The summed E-state index contributed by atoms with van der Waals surface area (Å²) in [7, 11) is 0. The highest BCUT2D eigenvalue weighted by atomic mass is 16.5. The minimum atomic E-state index is 0.0846. The number of hydrogen-bond donors (Lipinski definition) is 1. The van der Waals surface area contributed by atoms with E-state index in [1.54, 1.807) is 6.33 Å². The Kier molecular flexibility index (Phi) is 3.35. The van der Waals surface area contributed by atoms with Crippen LogP contribution in [0.25, 0.3) is 0 Å². The topological polar surface area (TPSA) is 52.0 Å². The van der Waals surface area contributed by atoms with Crippen LogP contribution in [0.3, 0.4) is 0 Å². The van der Waals surface area contributed by atoms with Crippen molar-refractivity contribution in [2.45, 2.75) is 57.2 Å². The highest BCUT2D eigenvalue weighted by Gasteiger charge is 2.47. The molecular formula is C13H22N4O. The Balaban J connectivity index is 1.72. The van der Waals surface area contributed by atoms with Crippen LogP contribution >= 0.6 is 0 Å². The molecule has 1 aromatic rings. The third-order valence-corrected chi connectivity index (χ3v) is 4.24. The monoisotopic (exact) mass is 250 g/mol. The normalized spacial score (nSPS) is 26.2. The van der Waals surface area contributed by atoms with Gasteiger partial charge in [0.2, 0.25) is 0 Å². The third-order valence-electron chi connectivity index (χ3n) is 4.24. The lowest BCUT2D eigenvalue weighted by molar-refractivity contribution is -0.144. The van der Waals surface area contributed by atoms with E-state index in [4.69, 9.17) is 4.74 Å². The zero-order valence-corrected chi connectivity index (χ0v) is 11.1.